The van der Waals surface area contributed by atoms with Crippen molar-refractivity contribution in [3.05, 3.63) is 192 Å². The second kappa shape index (κ2) is 13.4. The molecule has 0 amide bonds. The van der Waals surface area contributed by atoms with Crippen molar-refractivity contribution in [2.45, 2.75) is 20.0 Å². The zero-order valence-corrected chi connectivity index (χ0v) is 31.6. The van der Waals surface area contributed by atoms with Crippen molar-refractivity contribution in [1.82, 2.24) is 9.13 Å². The lowest BCUT2D eigenvalue weighted by Gasteiger charge is -2.20. The second-order valence-electron chi connectivity index (χ2n) is 14.9. The van der Waals surface area contributed by atoms with E-state index in [0.717, 1.165) is 83.2 Å². The third kappa shape index (κ3) is 5.58. The van der Waals surface area contributed by atoms with Crippen molar-refractivity contribution in [1.29, 1.82) is 5.26 Å². The molecule has 0 unspecified atom stereocenters. The van der Waals surface area contributed by atoms with Crippen LogP contribution in [-0.4, -0.2) is 9.13 Å². The van der Waals surface area contributed by atoms with E-state index in [2.05, 4.69) is 85.1 Å². The van der Waals surface area contributed by atoms with Crippen LogP contribution in [0.2, 0.25) is 0 Å². The monoisotopic (exact) mass is 757 g/mol. The molecule has 10 rings (SSSR count). The largest absolute Gasteiger partial charge is 0.416 e. The maximum Gasteiger partial charge on any atom is 0.416 e. The van der Waals surface area contributed by atoms with Crippen LogP contribution in [0.25, 0.3) is 88.4 Å². The van der Waals surface area contributed by atoms with E-state index >= 15 is 0 Å². The van der Waals surface area contributed by atoms with Gasteiger partial charge in [0.2, 0.25) is 0 Å². The van der Waals surface area contributed by atoms with Crippen molar-refractivity contribution in [2.75, 3.05) is 0 Å². The van der Waals surface area contributed by atoms with Crippen LogP contribution in [0.5, 0.6) is 0 Å². The third-order valence-electron chi connectivity index (χ3n) is 11.5. The first-order chi connectivity index (χ1) is 28.2. The van der Waals surface area contributed by atoms with E-state index in [0.29, 0.717) is 22.4 Å². The molecular weight excluding hydrogens is 724 g/mol. The zero-order valence-electron chi connectivity index (χ0n) is 31.6. The number of nitriles is 1. The van der Waals surface area contributed by atoms with Gasteiger partial charge in [-0.1, -0.05) is 103 Å². The van der Waals surface area contributed by atoms with E-state index in [4.69, 9.17) is 0 Å². The topological polar surface area (TPSA) is 33.6 Å². The lowest BCUT2D eigenvalue weighted by molar-refractivity contribution is -0.137. The molecule has 2 aromatic heterocycles. The molecule has 8 aromatic carbocycles. The molecule has 278 valence electrons. The zero-order chi connectivity index (χ0) is 39.7. The van der Waals surface area contributed by atoms with Crippen LogP contribution in [0.1, 0.15) is 22.3 Å². The average Bonchev–Trinajstić information content (AvgIpc) is 3.75. The highest BCUT2D eigenvalue weighted by molar-refractivity contribution is 6.13. The molecule has 0 saturated carbocycles. The van der Waals surface area contributed by atoms with Crippen LogP contribution in [0.3, 0.4) is 0 Å². The predicted octanol–water partition coefficient (Wildman–Crippen LogP) is 14.4. The van der Waals surface area contributed by atoms with Gasteiger partial charge < -0.3 is 9.13 Å². The molecule has 0 fully saturated rings. The highest BCUT2D eigenvalue weighted by atomic mass is 19.4. The molecule has 6 heteroatoms. The summed E-state index contributed by atoms with van der Waals surface area (Å²) >= 11 is 0. The van der Waals surface area contributed by atoms with Crippen LogP contribution in [0, 0.1) is 25.2 Å². The maximum atomic E-state index is 14.7. The third-order valence-corrected chi connectivity index (χ3v) is 11.5. The van der Waals surface area contributed by atoms with Gasteiger partial charge in [0.15, 0.2) is 0 Å². The number of rotatable bonds is 5. The number of benzene rings is 8. The fourth-order valence-corrected chi connectivity index (χ4v) is 8.73. The Bertz CT molecular complexity index is 3320. The molecule has 10 aromatic rings. The first-order valence-electron chi connectivity index (χ1n) is 19.1. The summed E-state index contributed by atoms with van der Waals surface area (Å²) in [7, 11) is 0. The lowest BCUT2D eigenvalue weighted by Crippen LogP contribution is -2.08. The van der Waals surface area contributed by atoms with Crippen LogP contribution in [0.4, 0.5) is 13.2 Å². The molecule has 0 bridgehead atoms. The Labute approximate surface area is 333 Å². The van der Waals surface area contributed by atoms with Gasteiger partial charge in [0.1, 0.15) is 0 Å². The van der Waals surface area contributed by atoms with Crippen molar-refractivity contribution in [3.63, 3.8) is 0 Å². The highest BCUT2D eigenvalue weighted by Gasteiger charge is 2.32. The number of hydrogen-bond donors (Lipinski definition) is 0. The molecule has 0 N–H and O–H groups in total. The minimum absolute atomic E-state index is 0.364. The first kappa shape index (κ1) is 35.1. The predicted molar refractivity (Wildman–Crippen MR) is 231 cm³/mol. The smallest absolute Gasteiger partial charge is 0.309 e. The number of aromatic nitrogens is 2. The molecule has 0 spiro atoms. The number of fused-ring (bicyclic) bond motifs is 6. The summed E-state index contributed by atoms with van der Waals surface area (Å²) < 4.78 is 48.3. The standard InChI is InChI=1S/C52H34F3N3/c1-32-11-3-5-13-38(32)35-20-25-49-44(28-35)40-15-7-9-17-46(40)57(49)48-24-19-34(31-56)27-43(48)42-23-22-37(52(53,54)55)30-51(42)58-47-18-10-8-16-41(47)45-29-36(21-26-50(45)58)39-14-6-4-12-33(39)2/h3-30H,1-2H3. The van der Waals surface area contributed by atoms with Crippen molar-refractivity contribution in [2.24, 2.45) is 0 Å². The summed E-state index contributed by atoms with van der Waals surface area (Å²) in [5, 5.41) is 14.2. The van der Waals surface area contributed by atoms with Gasteiger partial charge in [-0.05, 0) is 114 Å². The van der Waals surface area contributed by atoms with Crippen LogP contribution >= 0.6 is 0 Å². The summed E-state index contributed by atoms with van der Waals surface area (Å²) in [4.78, 5) is 0. The van der Waals surface area contributed by atoms with Gasteiger partial charge in [0, 0.05) is 32.7 Å². The Hall–Kier alpha value is -7.36. The SMILES string of the molecule is Cc1ccccc1-c1ccc2c(c1)c1ccccc1n2-c1ccc(C#N)cc1-c1ccc(C(F)(F)F)cc1-n1c2ccccc2c2cc(-c3ccccc3C)ccc21. The number of alkyl halides is 3. The van der Waals surface area contributed by atoms with Gasteiger partial charge in [-0.15, -0.1) is 0 Å². The van der Waals surface area contributed by atoms with Gasteiger partial charge in [0.05, 0.1) is 50.6 Å². The van der Waals surface area contributed by atoms with E-state index < -0.39 is 11.7 Å². The highest BCUT2D eigenvalue weighted by Crippen LogP contribution is 2.44. The summed E-state index contributed by atoms with van der Waals surface area (Å²) in [6.45, 7) is 4.18. The van der Waals surface area contributed by atoms with Crippen molar-refractivity contribution in [3.8, 4) is 50.8 Å². The van der Waals surface area contributed by atoms with Gasteiger partial charge in [-0.3, -0.25) is 0 Å². The minimum atomic E-state index is -4.59. The molecule has 0 radical (unpaired) electrons. The summed E-state index contributed by atoms with van der Waals surface area (Å²) in [6, 6.07) is 56.9. The quantitative estimate of drug-likeness (QED) is 0.172. The van der Waals surface area contributed by atoms with Gasteiger partial charge in [0.25, 0.3) is 0 Å². The fourth-order valence-electron chi connectivity index (χ4n) is 8.73. The molecule has 0 aliphatic rings. The van der Waals surface area contributed by atoms with Crippen LogP contribution in [0.15, 0.2) is 170 Å². The normalized spacial score (nSPS) is 11.9. The van der Waals surface area contributed by atoms with Crippen molar-refractivity contribution < 1.29 is 13.2 Å². The Morgan fingerprint density at radius 2 is 0.931 bits per heavy atom. The maximum absolute atomic E-state index is 14.7. The van der Waals surface area contributed by atoms with E-state index in [9.17, 15) is 18.4 Å². The lowest BCUT2D eigenvalue weighted by atomic mass is 9.96. The molecule has 0 aliphatic carbocycles. The van der Waals surface area contributed by atoms with E-state index in [1.807, 2.05) is 83.4 Å². The Kier molecular flexibility index (Phi) is 8.10. The summed E-state index contributed by atoms with van der Waals surface area (Å²) in [6.07, 6.45) is -4.59. The second-order valence-corrected chi connectivity index (χ2v) is 14.9. The van der Waals surface area contributed by atoms with E-state index in [1.165, 1.54) is 11.6 Å². The fraction of sp³-hybridized carbons (Fsp3) is 0.0577. The van der Waals surface area contributed by atoms with Crippen LogP contribution < -0.4 is 0 Å². The van der Waals surface area contributed by atoms with Gasteiger partial charge >= 0.3 is 6.18 Å². The number of para-hydroxylation sites is 2. The van der Waals surface area contributed by atoms with E-state index in [-0.39, 0.29) is 0 Å². The molecule has 0 saturated heterocycles. The minimum Gasteiger partial charge on any atom is -0.309 e. The summed E-state index contributed by atoms with van der Waals surface area (Å²) in [5.74, 6) is 0. The van der Waals surface area contributed by atoms with Crippen LogP contribution in [-0.2, 0) is 6.18 Å². The Morgan fingerprint density at radius 1 is 0.431 bits per heavy atom. The molecule has 58 heavy (non-hydrogen) atoms. The molecular formula is C52H34F3N3. The Balaban J connectivity index is 1.27. The molecule has 0 atom stereocenters. The number of hydrogen-bond acceptors (Lipinski definition) is 1. The molecule has 0 aliphatic heterocycles. The molecule has 3 nitrogen and oxygen atoms in total. The number of nitrogens with zero attached hydrogens (tertiary/aromatic N) is 3. The molecule has 2 heterocycles. The average molecular weight is 758 g/mol. The van der Waals surface area contributed by atoms with Gasteiger partial charge in [-0.25, -0.2) is 0 Å². The summed E-state index contributed by atoms with van der Waals surface area (Å²) in [5.41, 5.74) is 12.1. The first-order valence-corrected chi connectivity index (χ1v) is 19.1. The van der Waals surface area contributed by atoms with Gasteiger partial charge in [-0.2, -0.15) is 18.4 Å². The van der Waals surface area contributed by atoms with E-state index in [1.54, 1.807) is 18.2 Å². The number of aryl methyl sites for hydroxylation is 2. The Morgan fingerprint density at radius 3 is 1.47 bits per heavy atom. The van der Waals surface area contributed by atoms with Crippen molar-refractivity contribution >= 4 is 43.6 Å². The number of halogens is 3.